The predicted octanol–water partition coefficient (Wildman–Crippen LogP) is 2.37. The van der Waals surface area contributed by atoms with Crippen molar-refractivity contribution in [2.45, 2.75) is 23.9 Å². The van der Waals surface area contributed by atoms with Gasteiger partial charge in [0.15, 0.2) is 0 Å². The van der Waals surface area contributed by atoms with Gasteiger partial charge in [-0.3, -0.25) is 0 Å². The van der Waals surface area contributed by atoms with Crippen LogP contribution in [0.15, 0.2) is 23.1 Å². The minimum atomic E-state index is -4.33. The molecule has 1 aliphatic rings. The molecule has 1 aromatic carbocycles. The van der Waals surface area contributed by atoms with E-state index in [4.69, 9.17) is 5.73 Å². The molecule has 0 atom stereocenters. The Labute approximate surface area is 119 Å². The first-order valence-corrected chi connectivity index (χ1v) is 7.69. The topological polar surface area (TPSA) is 63.4 Å². The quantitative estimate of drug-likeness (QED) is 0.670. The number of hydrogen-bond acceptors (Lipinski definition) is 3. The third-order valence-electron chi connectivity index (χ3n) is 3.55. The molecule has 2 N–H and O–H groups in total. The number of nitrogen functional groups attached to an aromatic ring is 1. The third kappa shape index (κ3) is 3.13. The van der Waals surface area contributed by atoms with Crippen LogP contribution in [0.1, 0.15) is 12.8 Å². The molecule has 21 heavy (non-hydrogen) atoms. The van der Waals surface area contributed by atoms with Crippen LogP contribution in [0.2, 0.25) is 0 Å². The summed E-state index contributed by atoms with van der Waals surface area (Å²) in [5.41, 5.74) is 4.89. The van der Waals surface area contributed by atoms with Crippen LogP contribution in [0.25, 0.3) is 0 Å². The lowest BCUT2D eigenvalue weighted by molar-refractivity contribution is -0.182. The zero-order valence-electron chi connectivity index (χ0n) is 10.9. The summed E-state index contributed by atoms with van der Waals surface area (Å²) in [5, 5.41) is 0. The molecule has 1 saturated heterocycles. The molecule has 118 valence electrons. The van der Waals surface area contributed by atoms with Crippen molar-refractivity contribution < 1.29 is 26.0 Å². The van der Waals surface area contributed by atoms with Crippen molar-refractivity contribution in [3.05, 3.63) is 24.0 Å². The van der Waals surface area contributed by atoms with Gasteiger partial charge >= 0.3 is 6.18 Å². The van der Waals surface area contributed by atoms with Crippen molar-refractivity contribution in [2.75, 3.05) is 18.8 Å². The molecule has 0 amide bonds. The van der Waals surface area contributed by atoms with E-state index in [9.17, 15) is 26.0 Å². The number of alkyl halides is 3. The van der Waals surface area contributed by atoms with Crippen LogP contribution < -0.4 is 5.73 Å². The smallest absolute Gasteiger partial charge is 0.391 e. The predicted molar refractivity (Wildman–Crippen MR) is 68.4 cm³/mol. The molecular weight excluding hydrogens is 312 g/mol. The van der Waals surface area contributed by atoms with Crippen molar-refractivity contribution in [1.82, 2.24) is 4.31 Å². The minimum absolute atomic E-state index is 0.261. The number of nitrogens with zero attached hydrogens (tertiary/aromatic N) is 1. The van der Waals surface area contributed by atoms with Crippen LogP contribution in [0, 0.1) is 11.7 Å². The van der Waals surface area contributed by atoms with Crippen molar-refractivity contribution in [3.63, 3.8) is 0 Å². The summed E-state index contributed by atoms with van der Waals surface area (Å²) in [6.07, 6.45) is -4.94. The molecule has 1 aliphatic heterocycles. The normalized spacial score (nSPS) is 18.9. The highest BCUT2D eigenvalue weighted by atomic mass is 32.2. The van der Waals surface area contributed by atoms with E-state index in [2.05, 4.69) is 0 Å². The van der Waals surface area contributed by atoms with E-state index in [1.54, 1.807) is 0 Å². The summed E-state index contributed by atoms with van der Waals surface area (Å²) in [6, 6.07) is 3.36. The summed E-state index contributed by atoms with van der Waals surface area (Å²) >= 11 is 0. The van der Waals surface area contributed by atoms with Crippen LogP contribution in [0.5, 0.6) is 0 Å². The number of anilines is 1. The number of sulfonamides is 1. The Morgan fingerprint density at radius 2 is 1.76 bits per heavy atom. The van der Waals surface area contributed by atoms with Gasteiger partial charge in [-0.25, -0.2) is 12.8 Å². The summed E-state index contributed by atoms with van der Waals surface area (Å²) in [7, 11) is -4.08. The van der Waals surface area contributed by atoms with Gasteiger partial charge in [0.2, 0.25) is 10.0 Å². The molecule has 0 unspecified atom stereocenters. The van der Waals surface area contributed by atoms with E-state index in [-0.39, 0.29) is 25.9 Å². The lowest BCUT2D eigenvalue weighted by Gasteiger charge is -2.32. The van der Waals surface area contributed by atoms with Crippen LogP contribution >= 0.6 is 0 Å². The molecule has 0 spiro atoms. The maximum atomic E-state index is 13.3. The van der Waals surface area contributed by atoms with Crippen LogP contribution in [-0.4, -0.2) is 32.0 Å². The van der Waals surface area contributed by atoms with Gasteiger partial charge in [-0.2, -0.15) is 17.5 Å². The molecule has 0 radical (unpaired) electrons. The molecule has 2 rings (SSSR count). The lowest BCUT2D eigenvalue weighted by atomic mass is 9.98. The number of para-hydroxylation sites is 1. The Balaban J connectivity index is 2.21. The zero-order chi connectivity index (χ0) is 15.8. The van der Waals surface area contributed by atoms with E-state index < -0.39 is 38.5 Å². The molecule has 0 aliphatic carbocycles. The van der Waals surface area contributed by atoms with E-state index >= 15 is 0 Å². The SMILES string of the molecule is Nc1c(F)cccc1S(=O)(=O)N1CCC(C(F)(F)F)CC1. The number of halogens is 4. The van der Waals surface area contributed by atoms with Gasteiger partial charge in [0, 0.05) is 13.1 Å². The first-order valence-electron chi connectivity index (χ1n) is 6.25. The van der Waals surface area contributed by atoms with Crippen LogP contribution in [0.3, 0.4) is 0 Å². The summed E-state index contributed by atoms with van der Waals surface area (Å²) in [6.45, 7) is -0.523. The second kappa shape index (κ2) is 5.45. The number of hydrogen-bond donors (Lipinski definition) is 1. The first-order chi connectivity index (χ1) is 9.64. The Bertz CT molecular complexity index is 623. The van der Waals surface area contributed by atoms with Gasteiger partial charge in [-0.05, 0) is 25.0 Å². The number of rotatable bonds is 2. The monoisotopic (exact) mass is 326 g/mol. The highest BCUT2D eigenvalue weighted by Gasteiger charge is 2.43. The van der Waals surface area contributed by atoms with Crippen molar-refractivity contribution in [3.8, 4) is 0 Å². The maximum absolute atomic E-state index is 13.3. The zero-order valence-corrected chi connectivity index (χ0v) is 11.7. The molecule has 0 saturated carbocycles. The second-order valence-corrected chi connectivity index (χ2v) is 6.78. The molecule has 1 aromatic rings. The van der Waals surface area contributed by atoms with Crippen molar-refractivity contribution in [2.24, 2.45) is 5.92 Å². The largest absolute Gasteiger partial charge is 0.395 e. The van der Waals surface area contributed by atoms with Crippen molar-refractivity contribution >= 4 is 15.7 Å². The summed E-state index contributed by atoms with van der Waals surface area (Å²) < 4.78 is 76.6. The van der Waals surface area contributed by atoms with Crippen LogP contribution in [-0.2, 0) is 10.0 Å². The highest BCUT2D eigenvalue weighted by molar-refractivity contribution is 7.89. The molecule has 4 nitrogen and oxygen atoms in total. The molecule has 1 heterocycles. The average Bonchev–Trinajstić information content (AvgIpc) is 2.41. The Hall–Kier alpha value is -1.35. The average molecular weight is 326 g/mol. The van der Waals surface area contributed by atoms with Gasteiger partial charge in [0.1, 0.15) is 10.7 Å². The van der Waals surface area contributed by atoms with Gasteiger partial charge in [0.25, 0.3) is 0 Å². The van der Waals surface area contributed by atoms with Gasteiger partial charge in [-0.15, -0.1) is 0 Å². The number of nitrogens with two attached hydrogens (primary N) is 1. The van der Waals surface area contributed by atoms with E-state index in [1.165, 1.54) is 6.07 Å². The fraction of sp³-hybridized carbons (Fsp3) is 0.500. The van der Waals surface area contributed by atoms with Crippen molar-refractivity contribution in [1.29, 1.82) is 0 Å². The fourth-order valence-electron chi connectivity index (χ4n) is 2.30. The van der Waals surface area contributed by atoms with Gasteiger partial charge in [-0.1, -0.05) is 6.07 Å². The van der Waals surface area contributed by atoms with E-state index in [0.717, 1.165) is 16.4 Å². The van der Waals surface area contributed by atoms with E-state index in [1.807, 2.05) is 0 Å². The maximum Gasteiger partial charge on any atom is 0.391 e. The number of piperidine rings is 1. The van der Waals surface area contributed by atoms with Crippen LogP contribution in [0.4, 0.5) is 23.2 Å². The summed E-state index contributed by atoms with van der Waals surface area (Å²) in [5.74, 6) is -2.38. The molecule has 0 aromatic heterocycles. The number of benzene rings is 1. The lowest BCUT2D eigenvalue weighted by Crippen LogP contribution is -2.42. The summed E-state index contributed by atoms with van der Waals surface area (Å²) in [4.78, 5) is -0.409. The second-order valence-electron chi connectivity index (χ2n) is 4.87. The van der Waals surface area contributed by atoms with Gasteiger partial charge in [0.05, 0.1) is 11.6 Å². The first kappa shape index (κ1) is 16.0. The Morgan fingerprint density at radius 3 is 2.29 bits per heavy atom. The highest BCUT2D eigenvalue weighted by Crippen LogP contribution is 2.36. The minimum Gasteiger partial charge on any atom is -0.395 e. The Kier molecular flexibility index (Phi) is 4.16. The standard InChI is InChI=1S/C12H14F4N2O2S/c13-9-2-1-3-10(11(9)17)21(19,20)18-6-4-8(5-7-18)12(14,15)16/h1-3,8H,4-7,17H2. The molecule has 1 fully saturated rings. The fourth-order valence-corrected chi connectivity index (χ4v) is 3.90. The van der Waals surface area contributed by atoms with Gasteiger partial charge < -0.3 is 5.73 Å². The van der Waals surface area contributed by atoms with E-state index in [0.29, 0.717) is 0 Å². The molecule has 0 bridgehead atoms. The Morgan fingerprint density at radius 1 is 1.19 bits per heavy atom. The third-order valence-corrected chi connectivity index (χ3v) is 5.50. The molecule has 9 heteroatoms. The molecular formula is C12H14F4N2O2S.